The van der Waals surface area contributed by atoms with Gasteiger partial charge in [0.15, 0.2) is 0 Å². The zero-order chi connectivity index (χ0) is 22.4. The zero-order valence-corrected chi connectivity index (χ0v) is 21.0. The van der Waals surface area contributed by atoms with Crippen molar-refractivity contribution in [3.63, 3.8) is 0 Å². The Hall–Kier alpha value is -0.630. The summed E-state index contributed by atoms with van der Waals surface area (Å²) in [6.07, 6.45) is 17.4. The van der Waals surface area contributed by atoms with Crippen molar-refractivity contribution in [2.75, 3.05) is 0 Å². The Bertz CT molecular complexity index is 695. The van der Waals surface area contributed by atoms with Crippen LogP contribution in [0.5, 0.6) is 0 Å². The lowest BCUT2D eigenvalue weighted by atomic mass is 9.46. The Kier molecular flexibility index (Phi) is 6.54. The first kappa shape index (κ1) is 23.5. The molecule has 0 aromatic carbocycles. The van der Waals surface area contributed by atoms with Crippen LogP contribution in [0.2, 0.25) is 0 Å². The van der Waals surface area contributed by atoms with Crippen LogP contribution in [-0.2, 0) is 4.79 Å². The van der Waals surface area contributed by atoms with Crippen molar-refractivity contribution in [3.8, 4) is 0 Å². The van der Waals surface area contributed by atoms with E-state index in [4.69, 9.17) is 0 Å². The van der Waals surface area contributed by atoms with Gasteiger partial charge in [-0.05, 0) is 97.7 Å². The van der Waals surface area contributed by atoms with E-state index in [0.29, 0.717) is 11.8 Å². The molecule has 0 heterocycles. The molecule has 4 aliphatic rings. The molecule has 2 heteroatoms. The molecule has 0 amide bonds. The normalized spacial score (nSPS) is 45.5. The smallest absolute Gasteiger partial charge is 0.122 e. The maximum atomic E-state index is 11.1. The first-order valence-corrected chi connectivity index (χ1v) is 13.5. The highest BCUT2D eigenvalue weighted by Gasteiger charge is 2.59. The second-order valence-corrected chi connectivity index (χ2v) is 13.1. The van der Waals surface area contributed by atoms with Gasteiger partial charge in [-0.1, -0.05) is 65.5 Å². The van der Waals surface area contributed by atoms with Crippen molar-refractivity contribution in [2.24, 2.45) is 46.3 Å². The molecule has 3 saturated carbocycles. The van der Waals surface area contributed by atoms with E-state index in [1.807, 2.05) is 0 Å². The predicted octanol–water partition coefficient (Wildman–Crippen LogP) is 7.35. The highest BCUT2D eigenvalue weighted by atomic mass is 16.3. The van der Waals surface area contributed by atoms with E-state index in [1.165, 1.54) is 56.9 Å². The van der Waals surface area contributed by atoms with Crippen molar-refractivity contribution in [1.82, 2.24) is 0 Å². The van der Waals surface area contributed by atoms with Gasteiger partial charge in [0.2, 0.25) is 0 Å². The van der Waals surface area contributed by atoms with Crippen LogP contribution >= 0.6 is 0 Å². The van der Waals surface area contributed by atoms with Crippen LogP contribution in [0.1, 0.15) is 112 Å². The monoisotopic (exact) mass is 428 g/mol. The highest BCUT2D eigenvalue weighted by molar-refractivity contribution is 5.52. The van der Waals surface area contributed by atoms with E-state index in [0.717, 1.165) is 61.1 Å². The van der Waals surface area contributed by atoms with Crippen LogP contribution in [-0.4, -0.2) is 17.0 Å². The molecule has 4 aliphatic carbocycles. The number of aliphatic hydroxyl groups is 1. The van der Waals surface area contributed by atoms with E-state index >= 15 is 0 Å². The number of hydrogen-bond donors (Lipinski definition) is 1. The summed E-state index contributed by atoms with van der Waals surface area (Å²) in [4.78, 5) is 11.1. The van der Waals surface area contributed by atoms with Gasteiger partial charge in [-0.25, -0.2) is 0 Å². The molecule has 176 valence electrons. The number of carbonyl (C=O) groups is 1. The van der Waals surface area contributed by atoms with Crippen molar-refractivity contribution in [2.45, 2.75) is 117 Å². The quantitative estimate of drug-likeness (QED) is 0.340. The van der Waals surface area contributed by atoms with E-state index < -0.39 is 5.60 Å². The summed E-state index contributed by atoms with van der Waals surface area (Å²) in [5.74, 6) is 5.10. The minimum atomic E-state index is -0.785. The number of hydrogen-bond acceptors (Lipinski definition) is 2. The molecule has 3 fully saturated rings. The van der Waals surface area contributed by atoms with Gasteiger partial charge in [-0.3, -0.25) is 0 Å². The van der Waals surface area contributed by atoms with Crippen molar-refractivity contribution in [3.05, 3.63) is 11.6 Å². The summed E-state index contributed by atoms with van der Waals surface area (Å²) >= 11 is 0. The fourth-order valence-corrected chi connectivity index (χ4v) is 9.07. The third-order valence-electron chi connectivity index (χ3n) is 10.9. The van der Waals surface area contributed by atoms with E-state index in [-0.39, 0.29) is 5.41 Å². The maximum absolute atomic E-state index is 11.1. The fourth-order valence-electron chi connectivity index (χ4n) is 9.07. The molecule has 1 N–H and O–H groups in total. The van der Waals surface area contributed by atoms with Crippen LogP contribution in [0.25, 0.3) is 0 Å². The van der Waals surface area contributed by atoms with Crippen LogP contribution in [0.4, 0.5) is 0 Å². The molecule has 8 atom stereocenters. The minimum absolute atomic E-state index is 0.250. The molecule has 0 radical (unpaired) electrons. The number of aldehydes is 1. The molecule has 0 aliphatic heterocycles. The van der Waals surface area contributed by atoms with E-state index in [2.05, 4.69) is 40.7 Å². The third kappa shape index (κ3) is 4.09. The van der Waals surface area contributed by atoms with Crippen LogP contribution in [0.3, 0.4) is 0 Å². The van der Waals surface area contributed by atoms with Gasteiger partial charge >= 0.3 is 0 Å². The highest BCUT2D eigenvalue weighted by Crippen LogP contribution is 2.67. The van der Waals surface area contributed by atoms with Gasteiger partial charge in [0.25, 0.3) is 0 Å². The van der Waals surface area contributed by atoms with Gasteiger partial charge in [0.1, 0.15) is 6.29 Å². The predicted molar refractivity (Wildman–Crippen MR) is 129 cm³/mol. The summed E-state index contributed by atoms with van der Waals surface area (Å²) in [7, 11) is 0. The maximum Gasteiger partial charge on any atom is 0.122 e. The lowest BCUT2D eigenvalue weighted by Gasteiger charge is -2.59. The van der Waals surface area contributed by atoms with Crippen molar-refractivity contribution < 1.29 is 9.90 Å². The second-order valence-electron chi connectivity index (χ2n) is 13.1. The molecular formula is C29H48O2. The van der Waals surface area contributed by atoms with E-state index in [1.54, 1.807) is 0 Å². The molecule has 0 spiro atoms. The lowest BCUT2D eigenvalue weighted by molar-refractivity contribution is -0.115. The van der Waals surface area contributed by atoms with Crippen LogP contribution in [0.15, 0.2) is 11.6 Å². The standard InChI is InChI=1S/C29H48O2/c1-20(2)7-6-8-21(3)24-11-12-25-23-10-9-22-19-29(31,17-18-30)16-15-27(22,4)26(23)13-14-28(24,25)5/h9,18,20-21,23-26,31H,6-8,10-17,19H2,1-5H3/t21-,23+,24-,25+,26+,27+,28-,29?/m1/s1. The largest absolute Gasteiger partial charge is 0.389 e. The molecule has 0 bridgehead atoms. The molecule has 0 aromatic heterocycles. The van der Waals surface area contributed by atoms with Gasteiger partial charge in [0.05, 0.1) is 5.60 Å². The molecule has 0 saturated heterocycles. The Balaban J connectivity index is 1.49. The number of carbonyl (C=O) groups excluding carboxylic acids is 1. The van der Waals surface area contributed by atoms with Crippen molar-refractivity contribution in [1.29, 1.82) is 0 Å². The Morgan fingerprint density at radius 3 is 2.55 bits per heavy atom. The Labute approximate surface area is 191 Å². The van der Waals surface area contributed by atoms with E-state index in [9.17, 15) is 9.90 Å². The minimum Gasteiger partial charge on any atom is -0.389 e. The molecule has 0 aromatic rings. The lowest BCUT2D eigenvalue weighted by Crippen LogP contribution is -2.52. The topological polar surface area (TPSA) is 37.3 Å². The average Bonchev–Trinajstić information content (AvgIpc) is 3.06. The molecule has 4 rings (SSSR count). The average molecular weight is 429 g/mol. The zero-order valence-electron chi connectivity index (χ0n) is 21.0. The Morgan fingerprint density at radius 2 is 1.84 bits per heavy atom. The number of allylic oxidation sites excluding steroid dienone is 1. The third-order valence-corrected chi connectivity index (χ3v) is 10.9. The second kappa shape index (κ2) is 8.62. The molecule has 2 nitrogen and oxygen atoms in total. The number of rotatable bonds is 7. The van der Waals surface area contributed by atoms with Gasteiger partial charge in [-0.15, -0.1) is 0 Å². The summed E-state index contributed by atoms with van der Waals surface area (Å²) in [5, 5.41) is 10.9. The number of fused-ring (bicyclic) bond motifs is 5. The fraction of sp³-hybridized carbons (Fsp3) is 0.897. The van der Waals surface area contributed by atoms with Crippen LogP contribution in [0, 0.1) is 46.3 Å². The molecular weight excluding hydrogens is 380 g/mol. The van der Waals surface area contributed by atoms with Gasteiger partial charge in [-0.2, -0.15) is 0 Å². The first-order chi connectivity index (χ1) is 14.6. The summed E-state index contributed by atoms with van der Waals surface area (Å²) in [5.41, 5.74) is 1.48. The Morgan fingerprint density at radius 1 is 1.06 bits per heavy atom. The first-order valence-electron chi connectivity index (χ1n) is 13.5. The van der Waals surface area contributed by atoms with Crippen LogP contribution < -0.4 is 0 Å². The summed E-state index contributed by atoms with van der Waals surface area (Å²) in [6.45, 7) is 12.4. The summed E-state index contributed by atoms with van der Waals surface area (Å²) in [6, 6.07) is 0. The molecule has 31 heavy (non-hydrogen) atoms. The molecule has 1 unspecified atom stereocenters. The van der Waals surface area contributed by atoms with Gasteiger partial charge in [0, 0.05) is 6.42 Å². The SMILES string of the molecule is CC(C)CCC[C@@H](C)[C@H]1CC[C@H]2[C@@H]3CC=C4CC(O)(CC=O)CC[C@]4(C)[C@H]3CC[C@]12C. The van der Waals surface area contributed by atoms with Gasteiger partial charge < -0.3 is 9.90 Å². The summed E-state index contributed by atoms with van der Waals surface area (Å²) < 4.78 is 0. The van der Waals surface area contributed by atoms with Crippen molar-refractivity contribution >= 4 is 6.29 Å².